The molecule has 0 aromatic carbocycles. The maximum Gasteiger partial charge on any atom is 0.0861 e. The Balaban J connectivity index is 3.03. The van der Waals surface area contributed by atoms with Crippen LogP contribution in [0.25, 0.3) is 0 Å². The highest BCUT2D eigenvalue weighted by molar-refractivity contribution is 7.99. The minimum absolute atomic E-state index is 0.161. The molecule has 0 fully saturated rings. The zero-order chi connectivity index (χ0) is 7.98. The van der Waals surface area contributed by atoms with Crippen LogP contribution in [0.5, 0.6) is 0 Å². The van der Waals surface area contributed by atoms with Crippen molar-refractivity contribution in [3.8, 4) is 0 Å². The Labute approximate surface area is 65.6 Å². The predicted molar refractivity (Wildman–Crippen MR) is 44.1 cm³/mol. The first-order chi connectivity index (χ1) is 4.66. The van der Waals surface area contributed by atoms with Crippen molar-refractivity contribution in [1.82, 2.24) is 0 Å². The summed E-state index contributed by atoms with van der Waals surface area (Å²) in [5.74, 6) is 1.40. The molecule has 0 aliphatic heterocycles. The molecular formula is C6H15NO2S. The van der Waals surface area contributed by atoms with Crippen LogP contribution < -0.4 is 5.73 Å². The summed E-state index contributed by atoms with van der Waals surface area (Å²) >= 11 is 1.56. The van der Waals surface area contributed by atoms with E-state index in [1.807, 2.05) is 6.92 Å². The Morgan fingerprint density at radius 3 is 2.50 bits per heavy atom. The third-order valence-corrected chi connectivity index (χ3v) is 2.28. The highest BCUT2D eigenvalue weighted by Gasteiger charge is 2.01. The van der Waals surface area contributed by atoms with Crippen LogP contribution in [0.1, 0.15) is 6.92 Å². The number of hydrogen-bond donors (Lipinski definition) is 3. The molecule has 0 bridgehead atoms. The molecule has 0 heterocycles. The van der Waals surface area contributed by atoms with E-state index in [9.17, 15) is 0 Å². The first kappa shape index (κ1) is 10.2. The van der Waals surface area contributed by atoms with Crippen LogP contribution in [0.2, 0.25) is 0 Å². The van der Waals surface area contributed by atoms with Gasteiger partial charge in [0.05, 0.1) is 12.7 Å². The lowest BCUT2D eigenvalue weighted by atomic mass is 10.4. The van der Waals surface area contributed by atoms with E-state index in [0.29, 0.717) is 5.75 Å². The van der Waals surface area contributed by atoms with E-state index < -0.39 is 6.10 Å². The lowest BCUT2D eigenvalue weighted by Crippen LogP contribution is -2.21. The van der Waals surface area contributed by atoms with E-state index in [-0.39, 0.29) is 12.6 Å². The highest BCUT2D eigenvalue weighted by Crippen LogP contribution is 2.03. The van der Waals surface area contributed by atoms with Crippen molar-refractivity contribution in [2.75, 3.05) is 18.1 Å². The first-order valence-electron chi connectivity index (χ1n) is 3.29. The van der Waals surface area contributed by atoms with Gasteiger partial charge in [-0.2, -0.15) is 11.8 Å². The van der Waals surface area contributed by atoms with Crippen molar-refractivity contribution in [1.29, 1.82) is 0 Å². The maximum absolute atomic E-state index is 8.86. The summed E-state index contributed by atoms with van der Waals surface area (Å²) in [5.41, 5.74) is 5.46. The Morgan fingerprint density at radius 2 is 2.10 bits per heavy atom. The summed E-state index contributed by atoms with van der Waals surface area (Å²) in [6, 6.07) is 0.163. The fourth-order valence-electron chi connectivity index (χ4n) is 0.443. The minimum atomic E-state index is -0.594. The summed E-state index contributed by atoms with van der Waals surface area (Å²) in [6.07, 6.45) is -0.594. The average molecular weight is 165 g/mol. The fraction of sp³-hybridized carbons (Fsp3) is 1.00. The first-order valence-corrected chi connectivity index (χ1v) is 4.44. The van der Waals surface area contributed by atoms with Gasteiger partial charge in [-0.15, -0.1) is 0 Å². The molecule has 0 aliphatic carbocycles. The summed E-state index contributed by atoms with van der Waals surface area (Å²) < 4.78 is 0. The molecule has 4 N–H and O–H groups in total. The van der Waals surface area contributed by atoms with Crippen LogP contribution in [0, 0.1) is 0 Å². The molecule has 2 atom stereocenters. The van der Waals surface area contributed by atoms with Crippen LogP contribution in [0.4, 0.5) is 0 Å². The van der Waals surface area contributed by atoms with Crippen LogP contribution in [0.3, 0.4) is 0 Å². The van der Waals surface area contributed by atoms with Gasteiger partial charge in [-0.1, -0.05) is 0 Å². The Morgan fingerprint density at radius 1 is 1.50 bits per heavy atom. The van der Waals surface area contributed by atoms with Gasteiger partial charge >= 0.3 is 0 Å². The summed E-state index contributed by atoms with van der Waals surface area (Å²) in [5, 5.41) is 17.3. The van der Waals surface area contributed by atoms with Crippen molar-refractivity contribution in [3.05, 3.63) is 0 Å². The maximum atomic E-state index is 8.86. The zero-order valence-corrected chi connectivity index (χ0v) is 6.97. The normalized spacial score (nSPS) is 16.8. The van der Waals surface area contributed by atoms with Crippen molar-refractivity contribution in [2.24, 2.45) is 5.73 Å². The smallest absolute Gasteiger partial charge is 0.0861 e. The molecule has 4 heteroatoms. The number of aliphatic hydroxyl groups excluding tert-OH is 2. The monoisotopic (exact) mass is 165 g/mol. The van der Waals surface area contributed by atoms with E-state index >= 15 is 0 Å². The van der Waals surface area contributed by atoms with E-state index in [0.717, 1.165) is 5.75 Å². The number of rotatable bonds is 5. The Bertz CT molecular complexity index is 80.1. The minimum Gasteiger partial charge on any atom is -0.394 e. The van der Waals surface area contributed by atoms with Crippen molar-refractivity contribution in [2.45, 2.75) is 19.1 Å². The molecule has 0 rings (SSSR count). The van der Waals surface area contributed by atoms with Gasteiger partial charge in [-0.05, 0) is 6.92 Å². The second kappa shape index (κ2) is 5.97. The van der Waals surface area contributed by atoms with Crippen LogP contribution in [-0.2, 0) is 0 Å². The van der Waals surface area contributed by atoms with E-state index in [2.05, 4.69) is 0 Å². The predicted octanol–water partition coefficient (Wildman–Crippen LogP) is -0.580. The fourth-order valence-corrected chi connectivity index (χ4v) is 1.33. The molecule has 0 amide bonds. The summed E-state index contributed by atoms with van der Waals surface area (Å²) in [4.78, 5) is 0. The number of thioether (sulfide) groups is 1. The van der Waals surface area contributed by atoms with Gasteiger partial charge in [-0.25, -0.2) is 0 Å². The van der Waals surface area contributed by atoms with Gasteiger partial charge in [0, 0.05) is 17.5 Å². The molecule has 0 saturated heterocycles. The van der Waals surface area contributed by atoms with Crippen molar-refractivity contribution in [3.63, 3.8) is 0 Å². The summed E-state index contributed by atoms with van der Waals surface area (Å²) in [7, 11) is 0. The lowest BCUT2D eigenvalue weighted by Gasteiger charge is -2.07. The molecule has 3 nitrogen and oxygen atoms in total. The zero-order valence-electron chi connectivity index (χ0n) is 6.16. The second-order valence-electron chi connectivity index (χ2n) is 2.35. The largest absolute Gasteiger partial charge is 0.394 e. The van der Waals surface area contributed by atoms with Gasteiger partial charge < -0.3 is 15.9 Å². The number of nitrogens with two attached hydrogens (primary N) is 1. The van der Waals surface area contributed by atoms with Crippen molar-refractivity contribution < 1.29 is 10.2 Å². The van der Waals surface area contributed by atoms with Gasteiger partial charge in [0.2, 0.25) is 0 Å². The quantitative estimate of drug-likeness (QED) is 0.510. The van der Waals surface area contributed by atoms with Crippen LogP contribution in [0.15, 0.2) is 0 Å². The Kier molecular flexibility index (Phi) is 6.11. The number of aliphatic hydroxyl groups is 2. The molecule has 0 aromatic rings. The highest BCUT2D eigenvalue weighted by atomic mass is 32.2. The standard InChI is InChI=1S/C6H15NO2S/c1-5(7)3-10-4-6(9)2-8/h5-6,8-9H,2-4,7H2,1H3. The van der Waals surface area contributed by atoms with Crippen LogP contribution in [-0.4, -0.2) is 40.5 Å². The third-order valence-electron chi connectivity index (χ3n) is 0.902. The van der Waals surface area contributed by atoms with E-state index in [4.69, 9.17) is 15.9 Å². The van der Waals surface area contributed by atoms with Gasteiger partial charge in [-0.3, -0.25) is 0 Å². The average Bonchev–Trinajstić information content (AvgIpc) is 1.87. The molecule has 0 spiro atoms. The lowest BCUT2D eigenvalue weighted by molar-refractivity contribution is 0.113. The van der Waals surface area contributed by atoms with Gasteiger partial charge in [0.1, 0.15) is 0 Å². The molecule has 62 valence electrons. The van der Waals surface area contributed by atoms with Gasteiger partial charge in [0.15, 0.2) is 0 Å². The van der Waals surface area contributed by atoms with E-state index in [1.165, 1.54) is 0 Å². The third kappa shape index (κ3) is 6.35. The molecule has 0 radical (unpaired) electrons. The molecular weight excluding hydrogens is 150 g/mol. The SMILES string of the molecule is CC(N)CSCC(O)CO. The van der Waals surface area contributed by atoms with Gasteiger partial charge in [0.25, 0.3) is 0 Å². The molecule has 10 heavy (non-hydrogen) atoms. The van der Waals surface area contributed by atoms with E-state index in [1.54, 1.807) is 11.8 Å². The molecule has 0 aliphatic rings. The topological polar surface area (TPSA) is 66.5 Å². The molecule has 2 unspecified atom stereocenters. The van der Waals surface area contributed by atoms with Crippen molar-refractivity contribution >= 4 is 11.8 Å². The second-order valence-corrected chi connectivity index (χ2v) is 3.43. The Hall–Kier alpha value is 0.230. The summed E-state index contributed by atoms with van der Waals surface area (Å²) in [6.45, 7) is 1.75. The molecule has 0 saturated carbocycles. The molecule has 0 aromatic heterocycles. The number of hydrogen-bond acceptors (Lipinski definition) is 4. The van der Waals surface area contributed by atoms with Crippen LogP contribution >= 0.6 is 11.8 Å².